The van der Waals surface area contributed by atoms with Crippen LogP contribution in [-0.2, 0) is 0 Å². The molecular formula is C13H21NS. The van der Waals surface area contributed by atoms with Crippen LogP contribution >= 0.6 is 11.8 Å². The average molecular weight is 223 g/mol. The molecule has 2 unspecified atom stereocenters. The molecule has 15 heavy (non-hydrogen) atoms. The van der Waals surface area contributed by atoms with E-state index < -0.39 is 0 Å². The smallest absolute Gasteiger partial charge is 0.0101 e. The highest BCUT2D eigenvalue weighted by Gasteiger charge is 2.49. The first-order valence-electron chi connectivity index (χ1n) is 6.67. The number of piperidine rings is 1. The number of likely N-dealkylation sites (tertiary alicyclic amines) is 1. The van der Waals surface area contributed by atoms with Crippen LogP contribution in [0.15, 0.2) is 0 Å². The fourth-order valence-electron chi connectivity index (χ4n) is 4.02. The van der Waals surface area contributed by atoms with Gasteiger partial charge in [-0.1, -0.05) is 0 Å². The van der Waals surface area contributed by atoms with Crippen LogP contribution in [0.4, 0.5) is 0 Å². The number of hydrogen-bond acceptors (Lipinski definition) is 2. The molecule has 0 amide bonds. The topological polar surface area (TPSA) is 3.24 Å². The molecule has 0 radical (unpaired) electrons. The van der Waals surface area contributed by atoms with Crippen molar-refractivity contribution in [2.45, 2.75) is 38.1 Å². The lowest BCUT2D eigenvalue weighted by Gasteiger charge is -2.48. The lowest BCUT2D eigenvalue weighted by atomic mass is 9.80. The molecule has 0 aromatic carbocycles. The molecule has 0 bridgehead atoms. The Labute approximate surface area is 97.0 Å². The van der Waals surface area contributed by atoms with Crippen molar-refractivity contribution in [3.05, 3.63) is 0 Å². The summed E-state index contributed by atoms with van der Waals surface area (Å²) in [5.41, 5.74) is 0.808. The zero-order chi connectivity index (χ0) is 9.88. The number of fused-ring (bicyclic) bond motifs is 1. The van der Waals surface area contributed by atoms with Gasteiger partial charge in [0.15, 0.2) is 0 Å². The molecule has 2 aliphatic carbocycles. The molecule has 1 spiro atoms. The van der Waals surface area contributed by atoms with Crippen LogP contribution in [0.5, 0.6) is 0 Å². The molecule has 2 saturated heterocycles. The Kier molecular flexibility index (Phi) is 1.97. The third kappa shape index (κ3) is 1.48. The van der Waals surface area contributed by atoms with Gasteiger partial charge < -0.3 is 4.90 Å². The summed E-state index contributed by atoms with van der Waals surface area (Å²) in [6, 6.07) is 0.999. The number of thioether (sulfide) groups is 1. The van der Waals surface area contributed by atoms with E-state index in [2.05, 4.69) is 16.7 Å². The van der Waals surface area contributed by atoms with Crippen molar-refractivity contribution in [2.24, 2.45) is 17.3 Å². The van der Waals surface area contributed by atoms with Crippen LogP contribution in [0, 0.1) is 17.3 Å². The van der Waals surface area contributed by atoms with Crippen LogP contribution in [-0.4, -0.2) is 35.5 Å². The van der Waals surface area contributed by atoms with E-state index in [9.17, 15) is 0 Å². The predicted octanol–water partition coefficient (Wildman–Crippen LogP) is 2.61. The normalized spacial score (nSPS) is 47.6. The molecule has 2 atom stereocenters. The van der Waals surface area contributed by atoms with Gasteiger partial charge in [-0.3, -0.25) is 0 Å². The lowest BCUT2D eigenvalue weighted by molar-refractivity contribution is 0.0900. The van der Waals surface area contributed by atoms with Crippen molar-refractivity contribution < 1.29 is 0 Å². The number of hydrogen-bond donors (Lipinski definition) is 0. The Morgan fingerprint density at radius 1 is 0.933 bits per heavy atom. The molecule has 2 heteroatoms. The fraction of sp³-hybridized carbons (Fsp3) is 1.00. The van der Waals surface area contributed by atoms with Gasteiger partial charge in [0, 0.05) is 6.04 Å². The predicted molar refractivity (Wildman–Crippen MR) is 65.2 cm³/mol. The van der Waals surface area contributed by atoms with E-state index in [1.165, 1.54) is 37.4 Å². The van der Waals surface area contributed by atoms with Crippen molar-refractivity contribution >= 4 is 11.8 Å². The second kappa shape index (κ2) is 3.16. The first-order chi connectivity index (χ1) is 7.35. The second-order valence-electron chi connectivity index (χ2n) is 6.41. The summed E-state index contributed by atoms with van der Waals surface area (Å²) >= 11 is 2.16. The van der Waals surface area contributed by atoms with E-state index in [-0.39, 0.29) is 0 Å². The zero-order valence-electron chi connectivity index (χ0n) is 9.45. The summed E-state index contributed by atoms with van der Waals surface area (Å²) < 4.78 is 0. The number of nitrogens with zero attached hydrogens (tertiary/aromatic N) is 1. The van der Waals surface area contributed by atoms with Crippen LogP contribution < -0.4 is 0 Å². The summed E-state index contributed by atoms with van der Waals surface area (Å²) in [4.78, 5) is 2.83. The Hall–Kier alpha value is 0.310. The van der Waals surface area contributed by atoms with Gasteiger partial charge in [-0.15, -0.1) is 0 Å². The van der Waals surface area contributed by atoms with Crippen molar-refractivity contribution in [3.8, 4) is 0 Å². The molecule has 84 valence electrons. The molecule has 4 fully saturated rings. The molecule has 1 nitrogen and oxygen atoms in total. The first-order valence-corrected chi connectivity index (χ1v) is 7.82. The van der Waals surface area contributed by atoms with Gasteiger partial charge in [0.25, 0.3) is 0 Å². The van der Waals surface area contributed by atoms with E-state index in [1.807, 2.05) is 0 Å². The maximum Gasteiger partial charge on any atom is 0.0101 e. The van der Waals surface area contributed by atoms with Crippen molar-refractivity contribution in [3.63, 3.8) is 0 Å². The highest BCUT2D eigenvalue weighted by atomic mass is 32.2. The van der Waals surface area contributed by atoms with E-state index in [0.717, 1.165) is 23.3 Å². The number of rotatable bonds is 1. The molecular weight excluding hydrogens is 202 g/mol. The molecule has 4 aliphatic rings. The summed E-state index contributed by atoms with van der Waals surface area (Å²) in [6.45, 7) is 2.84. The minimum absolute atomic E-state index is 0.808. The van der Waals surface area contributed by atoms with Crippen molar-refractivity contribution in [2.75, 3.05) is 24.6 Å². The Morgan fingerprint density at radius 3 is 2.13 bits per heavy atom. The SMILES string of the molecule is C1C2CC(N3CCC4(CC3)CSC4)CC12. The third-order valence-corrected chi connectivity index (χ3v) is 7.04. The van der Waals surface area contributed by atoms with Gasteiger partial charge in [0.2, 0.25) is 0 Å². The van der Waals surface area contributed by atoms with E-state index >= 15 is 0 Å². The van der Waals surface area contributed by atoms with Gasteiger partial charge >= 0.3 is 0 Å². The van der Waals surface area contributed by atoms with Crippen LogP contribution in [0.3, 0.4) is 0 Å². The standard InChI is InChI=1S/C13H21NS/c1-3-14(4-2-13(1)8-15-9-13)12-6-10-5-11(10)7-12/h10-12H,1-9H2. The Balaban J connectivity index is 1.36. The van der Waals surface area contributed by atoms with Crippen LogP contribution in [0.2, 0.25) is 0 Å². The summed E-state index contributed by atoms with van der Waals surface area (Å²) in [6.07, 6.45) is 7.68. The Bertz CT molecular complexity index is 254. The highest BCUT2D eigenvalue weighted by molar-refractivity contribution is 8.00. The van der Waals surface area contributed by atoms with E-state index in [4.69, 9.17) is 0 Å². The quantitative estimate of drug-likeness (QED) is 0.672. The molecule has 0 aromatic heterocycles. The van der Waals surface area contributed by atoms with Crippen molar-refractivity contribution in [1.82, 2.24) is 4.90 Å². The molecule has 0 aromatic rings. The van der Waals surface area contributed by atoms with Crippen LogP contribution in [0.25, 0.3) is 0 Å². The molecule has 2 heterocycles. The zero-order valence-corrected chi connectivity index (χ0v) is 10.3. The highest BCUT2D eigenvalue weighted by Crippen LogP contribution is 2.54. The lowest BCUT2D eigenvalue weighted by Crippen LogP contribution is -2.49. The average Bonchev–Trinajstić information content (AvgIpc) is 2.84. The van der Waals surface area contributed by atoms with Gasteiger partial charge in [0.1, 0.15) is 0 Å². The van der Waals surface area contributed by atoms with Gasteiger partial charge in [-0.25, -0.2) is 0 Å². The third-order valence-electron chi connectivity index (χ3n) is 5.41. The van der Waals surface area contributed by atoms with E-state index in [1.54, 1.807) is 19.3 Å². The summed E-state index contributed by atoms with van der Waals surface area (Å²) in [5.74, 6) is 5.25. The minimum atomic E-state index is 0.808. The van der Waals surface area contributed by atoms with Crippen molar-refractivity contribution in [1.29, 1.82) is 0 Å². The van der Waals surface area contributed by atoms with Gasteiger partial charge in [-0.2, -0.15) is 11.8 Å². The summed E-state index contributed by atoms with van der Waals surface area (Å²) in [5, 5.41) is 0. The maximum absolute atomic E-state index is 2.83. The van der Waals surface area contributed by atoms with E-state index in [0.29, 0.717) is 0 Å². The maximum atomic E-state index is 2.83. The first kappa shape index (κ1) is 9.35. The van der Waals surface area contributed by atoms with Crippen LogP contribution in [0.1, 0.15) is 32.1 Å². The molecule has 2 saturated carbocycles. The summed E-state index contributed by atoms with van der Waals surface area (Å²) in [7, 11) is 0. The monoisotopic (exact) mass is 223 g/mol. The Morgan fingerprint density at radius 2 is 1.60 bits per heavy atom. The van der Waals surface area contributed by atoms with Gasteiger partial charge in [-0.05, 0) is 74.0 Å². The molecule has 4 rings (SSSR count). The fourth-order valence-corrected chi connectivity index (χ4v) is 5.38. The second-order valence-corrected chi connectivity index (χ2v) is 7.40. The van der Waals surface area contributed by atoms with Gasteiger partial charge in [0.05, 0.1) is 0 Å². The minimum Gasteiger partial charge on any atom is -0.300 e. The largest absolute Gasteiger partial charge is 0.300 e. The molecule has 0 N–H and O–H groups in total. The molecule has 2 aliphatic heterocycles.